The van der Waals surface area contributed by atoms with Gasteiger partial charge in [0.1, 0.15) is 22.1 Å². The Labute approximate surface area is 243 Å². The highest BCUT2D eigenvalue weighted by Gasteiger charge is 2.65. The number of carbonyl (C=O) groups is 1. The van der Waals surface area contributed by atoms with E-state index >= 15 is 4.39 Å². The summed E-state index contributed by atoms with van der Waals surface area (Å²) < 4.78 is 82.1. The largest absolute Gasteiger partial charge is 0.370 e. The normalized spacial score (nSPS) is 16.2. The molecule has 6 nitrogen and oxygen atoms in total. The first kappa shape index (κ1) is 29.9. The maximum absolute atomic E-state index is 15.2. The number of rotatable bonds is 7. The number of imidazole rings is 1. The number of nitrogens with one attached hydrogen (secondary N) is 1. The van der Waals surface area contributed by atoms with Crippen LogP contribution >= 0.6 is 21.8 Å². The summed E-state index contributed by atoms with van der Waals surface area (Å²) in [6.45, 7) is 3.65. The molecule has 1 saturated heterocycles. The zero-order valence-electron chi connectivity index (χ0n) is 22.5. The Bertz CT molecular complexity index is 1650. The summed E-state index contributed by atoms with van der Waals surface area (Å²) in [6, 6.07) is 11.0. The molecular weight excluding hydrogens is 604 g/mol. The standard InChI is InChI=1S/C28H28ClF6N5OS/c1-2-24-27(40-18-20(29)5-11-26(40)37-24)28(41)36-17-19-4-10-25(23(30)16-19)39-13-3-12-38(14-15-39)21-6-8-22(9-7-21)42(31,32,33,34)35/h4-11,16,18H,2-3,12-15,17H2,1H3,(H,36,41). The molecule has 42 heavy (non-hydrogen) atoms. The summed E-state index contributed by atoms with van der Waals surface area (Å²) >= 11 is 6.11. The Morgan fingerprint density at radius 3 is 2.31 bits per heavy atom. The summed E-state index contributed by atoms with van der Waals surface area (Å²) in [5.41, 5.74) is 2.86. The Morgan fingerprint density at radius 2 is 1.64 bits per heavy atom. The fourth-order valence-electron chi connectivity index (χ4n) is 5.07. The molecule has 3 heterocycles. The Balaban J connectivity index is 1.24. The summed E-state index contributed by atoms with van der Waals surface area (Å²) in [7, 11) is -9.74. The molecule has 0 unspecified atom stereocenters. The number of aromatic nitrogens is 2. The predicted molar refractivity (Wildman–Crippen MR) is 154 cm³/mol. The van der Waals surface area contributed by atoms with E-state index in [0.717, 1.165) is 12.1 Å². The van der Waals surface area contributed by atoms with Crippen LogP contribution < -0.4 is 15.1 Å². The number of amides is 1. The van der Waals surface area contributed by atoms with Crippen molar-refractivity contribution in [2.45, 2.75) is 31.2 Å². The van der Waals surface area contributed by atoms with E-state index in [0.29, 0.717) is 90.1 Å². The molecule has 4 aromatic rings. The number of anilines is 2. The molecule has 1 N–H and O–H groups in total. The van der Waals surface area contributed by atoms with Gasteiger partial charge in [-0.05, 0) is 66.9 Å². The first-order valence-corrected chi connectivity index (χ1v) is 15.5. The second kappa shape index (κ2) is 10.3. The van der Waals surface area contributed by atoms with Crippen molar-refractivity contribution in [3.05, 3.63) is 88.6 Å². The topological polar surface area (TPSA) is 52.9 Å². The van der Waals surface area contributed by atoms with Gasteiger partial charge in [-0.3, -0.25) is 9.20 Å². The minimum absolute atomic E-state index is 0.0791. The van der Waals surface area contributed by atoms with E-state index in [2.05, 4.69) is 10.3 Å². The SMILES string of the molecule is CCc1nc2ccc(Cl)cn2c1C(=O)NCc1ccc(N2CCCN(c3ccc(S(F)(F)(F)(F)F)cc3)CC2)c(F)c1. The van der Waals surface area contributed by atoms with Gasteiger partial charge in [0.15, 0.2) is 0 Å². The average Bonchev–Trinajstić information content (AvgIpc) is 3.11. The summed E-state index contributed by atoms with van der Waals surface area (Å²) in [6.07, 6.45) is 2.73. The van der Waals surface area contributed by atoms with Crippen LogP contribution in [0.15, 0.2) is 65.7 Å². The van der Waals surface area contributed by atoms with Crippen molar-refractivity contribution >= 4 is 44.8 Å². The van der Waals surface area contributed by atoms with E-state index in [1.54, 1.807) is 39.8 Å². The lowest BCUT2D eigenvalue weighted by Gasteiger charge is -2.40. The van der Waals surface area contributed by atoms with E-state index in [9.17, 15) is 24.2 Å². The summed E-state index contributed by atoms with van der Waals surface area (Å²) in [4.78, 5) is 19.2. The van der Waals surface area contributed by atoms with Gasteiger partial charge >= 0.3 is 10.2 Å². The van der Waals surface area contributed by atoms with Gasteiger partial charge in [0.25, 0.3) is 5.91 Å². The first-order valence-electron chi connectivity index (χ1n) is 13.2. The van der Waals surface area contributed by atoms with Crippen molar-refractivity contribution < 1.29 is 28.6 Å². The molecule has 1 aliphatic rings. The number of hydrogen-bond acceptors (Lipinski definition) is 4. The molecule has 1 fully saturated rings. The van der Waals surface area contributed by atoms with Gasteiger partial charge in [-0.25, -0.2) is 9.37 Å². The molecule has 0 saturated carbocycles. The van der Waals surface area contributed by atoms with E-state index in [1.807, 2.05) is 11.8 Å². The molecule has 0 radical (unpaired) electrons. The predicted octanol–water partition coefficient (Wildman–Crippen LogP) is 7.99. The van der Waals surface area contributed by atoms with E-state index in [-0.39, 0.29) is 12.5 Å². The van der Waals surface area contributed by atoms with Crippen LogP contribution in [0.2, 0.25) is 5.02 Å². The van der Waals surface area contributed by atoms with Gasteiger partial charge in [0.2, 0.25) is 0 Å². The second-order valence-electron chi connectivity index (χ2n) is 10.1. The molecule has 2 aromatic heterocycles. The van der Waals surface area contributed by atoms with Crippen LogP contribution in [0.1, 0.15) is 35.1 Å². The fraction of sp³-hybridized carbons (Fsp3) is 0.286. The molecule has 0 aliphatic carbocycles. The minimum Gasteiger partial charge on any atom is -0.370 e. The number of aryl methyl sites for hydroxylation is 1. The minimum atomic E-state index is -9.74. The van der Waals surface area contributed by atoms with Crippen molar-refractivity contribution in [3.8, 4) is 0 Å². The third kappa shape index (κ3) is 6.41. The molecule has 0 atom stereocenters. The molecular formula is C28H28ClF6N5OS. The zero-order chi connectivity index (χ0) is 30.3. The summed E-state index contributed by atoms with van der Waals surface area (Å²) in [5.74, 6) is -0.849. The number of carbonyl (C=O) groups excluding carboxylic acids is 1. The van der Waals surface area contributed by atoms with Crippen LogP contribution in [-0.2, 0) is 13.0 Å². The molecule has 5 rings (SSSR count). The third-order valence-electron chi connectivity index (χ3n) is 7.15. The lowest BCUT2D eigenvalue weighted by atomic mass is 10.1. The smallest absolute Gasteiger partial charge is 0.310 e. The van der Waals surface area contributed by atoms with Crippen LogP contribution in [-0.4, -0.2) is 41.5 Å². The highest BCUT2D eigenvalue weighted by Crippen LogP contribution is 3.02. The molecule has 0 spiro atoms. The van der Waals surface area contributed by atoms with Crippen LogP contribution in [0, 0.1) is 5.82 Å². The monoisotopic (exact) mass is 631 g/mol. The van der Waals surface area contributed by atoms with Gasteiger partial charge in [-0.1, -0.05) is 44.0 Å². The number of pyridine rings is 1. The van der Waals surface area contributed by atoms with Crippen molar-refractivity contribution in [1.29, 1.82) is 0 Å². The number of nitrogens with zero attached hydrogens (tertiary/aromatic N) is 4. The van der Waals surface area contributed by atoms with Gasteiger partial charge in [0, 0.05) is 44.6 Å². The van der Waals surface area contributed by atoms with Crippen LogP contribution in [0.25, 0.3) is 5.65 Å². The molecule has 2 aromatic carbocycles. The lowest BCUT2D eigenvalue weighted by Crippen LogP contribution is -2.31. The number of fused-ring (bicyclic) bond motifs is 1. The third-order valence-corrected chi connectivity index (χ3v) is 8.54. The molecule has 1 amide bonds. The Hall–Kier alpha value is -3.58. The molecule has 0 bridgehead atoms. The first-order chi connectivity index (χ1) is 19.6. The average molecular weight is 632 g/mol. The Kier molecular flexibility index (Phi) is 7.33. The lowest BCUT2D eigenvalue weighted by molar-refractivity contribution is 0.0944. The number of benzene rings is 2. The fourth-order valence-corrected chi connectivity index (χ4v) is 5.88. The van der Waals surface area contributed by atoms with E-state index < -0.39 is 20.9 Å². The van der Waals surface area contributed by atoms with Crippen LogP contribution in [0.5, 0.6) is 0 Å². The van der Waals surface area contributed by atoms with Gasteiger partial charge in [-0.2, -0.15) is 0 Å². The van der Waals surface area contributed by atoms with Crippen LogP contribution in [0.3, 0.4) is 0 Å². The molecule has 226 valence electrons. The van der Waals surface area contributed by atoms with E-state index in [4.69, 9.17) is 11.6 Å². The molecule has 1 aliphatic heterocycles. The van der Waals surface area contributed by atoms with Crippen molar-refractivity contribution in [2.75, 3.05) is 36.0 Å². The van der Waals surface area contributed by atoms with E-state index in [1.165, 1.54) is 6.07 Å². The van der Waals surface area contributed by atoms with Crippen LogP contribution in [0.4, 0.5) is 35.2 Å². The summed E-state index contributed by atoms with van der Waals surface area (Å²) in [5, 5.41) is 3.28. The highest BCUT2D eigenvalue weighted by molar-refractivity contribution is 8.45. The molecule has 14 heteroatoms. The van der Waals surface area contributed by atoms with Crippen molar-refractivity contribution in [3.63, 3.8) is 0 Å². The Morgan fingerprint density at radius 1 is 0.952 bits per heavy atom. The second-order valence-corrected chi connectivity index (χ2v) is 12.9. The quantitative estimate of drug-likeness (QED) is 0.210. The maximum atomic E-state index is 15.2. The van der Waals surface area contributed by atoms with Crippen molar-refractivity contribution in [2.24, 2.45) is 0 Å². The van der Waals surface area contributed by atoms with Crippen molar-refractivity contribution in [1.82, 2.24) is 14.7 Å². The number of hydrogen-bond donors (Lipinski definition) is 1. The van der Waals surface area contributed by atoms with Gasteiger partial charge < -0.3 is 15.1 Å². The zero-order valence-corrected chi connectivity index (χ0v) is 24.0. The highest BCUT2D eigenvalue weighted by atomic mass is 35.5. The van der Waals surface area contributed by atoms with Gasteiger partial charge in [-0.15, -0.1) is 0 Å². The van der Waals surface area contributed by atoms with Gasteiger partial charge in [0.05, 0.1) is 16.4 Å². The maximum Gasteiger partial charge on any atom is 0.310 e. The number of halogens is 7.